The van der Waals surface area contributed by atoms with Crippen molar-refractivity contribution < 1.29 is 14.7 Å². The van der Waals surface area contributed by atoms with Crippen LogP contribution in [0, 0.1) is 5.92 Å². The van der Waals surface area contributed by atoms with Gasteiger partial charge >= 0.3 is 0 Å². The summed E-state index contributed by atoms with van der Waals surface area (Å²) in [5.41, 5.74) is 6.41. The molecule has 0 unspecified atom stereocenters. The van der Waals surface area contributed by atoms with Gasteiger partial charge in [0.1, 0.15) is 5.75 Å². The number of nitrogens with one attached hydrogen (secondary N) is 1. The third kappa shape index (κ3) is 3.87. The molecule has 0 aliphatic heterocycles. The molecule has 0 fully saturated rings. The number of nitrogens with zero attached hydrogens (tertiary/aromatic N) is 1. The zero-order valence-electron chi connectivity index (χ0n) is 11.3. The number of para-hydroxylation sites is 1. The zero-order chi connectivity index (χ0) is 14.4. The lowest BCUT2D eigenvalue weighted by Gasteiger charge is -2.14. The summed E-state index contributed by atoms with van der Waals surface area (Å²) >= 11 is 0. The molecule has 1 aromatic rings. The van der Waals surface area contributed by atoms with E-state index in [0.717, 1.165) is 0 Å². The Bertz CT molecular complexity index is 484. The van der Waals surface area contributed by atoms with Crippen molar-refractivity contribution in [3.63, 3.8) is 0 Å². The monoisotopic (exact) mass is 265 g/mol. The number of benzene rings is 1. The molecule has 1 amide bonds. The van der Waals surface area contributed by atoms with Crippen molar-refractivity contribution in [2.24, 2.45) is 16.8 Å². The summed E-state index contributed by atoms with van der Waals surface area (Å²) < 4.78 is 5.18. The maximum absolute atomic E-state index is 11.8. The molecule has 1 rings (SSSR count). The standard InChI is InChI=1S/C13H19N3O3/c1-8(2)7-11(17)15-12-9(13(14)16-18)5-4-6-10(12)19-3/h4-6,8,18H,7H2,1-3H3,(H2,14,16)(H,15,17). The van der Waals surface area contributed by atoms with Gasteiger partial charge < -0.3 is 21.0 Å². The highest BCUT2D eigenvalue weighted by molar-refractivity contribution is 6.07. The minimum Gasteiger partial charge on any atom is -0.495 e. The highest BCUT2D eigenvalue weighted by atomic mass is 16.5. The Balaban J connectivity index is 3.12. The fourth-order valence-corrected chi connectivity index (χ4v) is 1.66. The average molecular weight is 265 g/mol. The second kappa shape index (κ2) is 6.63. The number of amides is 1. The Morgan fingerprint density at radius 2 is 2.21 bits per heavy atom. The number of hydrogen-bond acceptors (Lipinski definition) is 4. The van der Waals surface area contributed by atoms with Crippen LogP contribution in [0.1, 0.15) is 25.8 Å². The average Bonchev–Trinajstić information content (AvgIpc) is 2.37. The van der Waals surface area contributed by atoms with Crippen molar-refractivity contribution in [2.75, 3.05) is 12.4 Å². The summed E-state index contributed by atoms with van der Waals surface area (Å²) in [6, 6.07) is 5.03. The molecule has 4 N–H and O–H groups in total. The van der Waals surface area contributed by atoms with Crippen LogP contribution in [0.3, 0.4) is 0 Å². The van der Waals surface area contributed by atoms with Crippen molar-refractivity contribution in [2.45, 2.75) is 20.3 Å². The number of methoxy groups -OCH3 is 1. The van der Waals surface area contributed by atoms with Crippen LogP contribution in [-0.2, 0) is 4.79 Å². The molecule has 0 spiro atoms. The SMILES string of the molecule is COc1cccc(/C(N)=N/O)c1NC(=O)CC(C)C. The topological polar surface area (TPSA) is 96.9 Å². The lowest BCUT2D eigenvalue weighted by molar-refractivity contribution is -0.116. The Morgan fingerprint density at radius 3 is 2.74 bits per heavy atom. The van der Waals surface area contributed by atoms with E-state index in [9.17, 15) is 4.79 Å². The van der Waals surface area contributed by atoms with Crippen LogP contribution in [0.25, 0.3) is 0 Å². The third-order valence-electron chi connectivity index (χ3n) is 2.49. The summed E-state index contributed by atoms with van der Waals surface area (Å²) in [6.07, 6.45) is 0.383. The second-order valence-electron chi connectivity index (χ2n) is 4.51. The number of nitrogens with two attached hydrogens (primary N) is 1. The summed E-state index contributed by atoms with van der Waals surface area (Å²) in [7, 11) is 1.49. The molecule has 0 radical (unpaired) electrons. The van der Waals surface area contributed by atoms with Gasteiger partial charge in [-0.1, -0.05) is 25.1 Å². The molecule has 0 aliphatic carbocycles. The molecule has 19 heavy (non-hydrogen) atoms. The molecule has 0 atom stereocenters. The smallest absolute Gasteiger partial charge is 0.224 e. The van der Waals surface area contributed by atoms with Crippen molar-refractivity contribution in [1.29, 1.82) is 0 Å². The van der Waals surface area contributed by atoms with Crippen LogP contribution >= 0.6 is 0 Å². The molecule has 0 saturated carbocycles. The number of ether oxygens (including phenoxy) is 1. The third-order valence-corrected chi connectivity index (χ3v) is 2.49. The molecular formula is C13H19N3O3. The normalized spacial score (nSPS) is 11.5. The molecule has 0 heterocycles. The van der Waals surface area contributed by atoms with Gasteiger partial charge in [-0.3, -0.25) is 4.79 Å². The Morgan fingerprint density at radius 1 is 1.53 bits per heavy atom. The number of anilines is 1. The summed E-state index contributed by atoms with van der Waals surface area (Å²) in [4.78, 5) is 11.8. The minimum absolute atomic E-state index is 0.0845. The van der Waals surface area contributed by atoms with E-state index < -0.39 is 0 Å². The quantitative estimate of drug-likeness (QED) is 0.327. The highest BCUT2D eigenvalue weighted by Gasteiger charge is 2.15. The number of amidine groups is 1. The van der Waals surface area contributed by atoms with Crippen LogP contribution < -0.4 is 15.8 Å². The van der Waals surface area contributed by atoms with Crippen molar-refractivity contribution in [1.82, 2.24) is 0 Å². The number of hydrogen-bond donors (Lipinski definition) is 3. The lowest BCUT2D eigenvalue weighted by atomic mass is 10.1. The van der Waals surface area contributed by atoms with E-state index in [1.165, 1.54) is 7.11 Å². The van der Waals surface area contributed by atoms with Crippen molar-refractivity contribution >= 4 is 17.4 Å². The molecule has 0 aliphatic rings. The minimum atomic E-state index is -0.147. The van der Waals surface area contributed by atoms with E-state index in [-0.39, 0.29) is 17.7 Å². The molecule has 0 aromatic heterocycles. The van der Waals surface area contributed by atoms with Crippen molar-refractivity contribution in [3.05, 3.63) is 23.8 Å². The first kappa shape index (κ1) is 14.8. The molecule has 0 saturated heterocycles. The fourth-order valence-electron chi connectivity index (χ4n) is 1.66. The molecule has 6 nitrogen and oxygen atoms in total. The van der Waals surface area contributed by atoms with E-state index in [1.807, 2.05) is 13.8 Å². The van der Waals surface area contributed by atoms with Crippen LogP contribution in [-0.4, -0.2) is 24.1 Å². The van der Waals surface area contributed by atoms with E-state index in [0.29, 0.717) is 23.4 Å². The largest absolute Gasteiger partial charge is 0.495 e. The van der Waals surface area contributed by atoms with E-state index in [4.69, 9.17) is 15.7 Å². The maximum atomic E-state index is 11.8. The van der Waals surface area contributed by atoms with Gasteiger partial charge in [-0.05, 0) is 18.1 Å². The second-order valence-corrected chi connectivity index (χ2v) is 4.51. The fraction of sp³-hybridized carbons (Fsp3) is 0.385. The van der Waals surface area contributed by atoms with Gasteiger partial charge in [-0.25, -0.2) is 0 Å². The number of oxime groups is 1. The van der Waals surface area contributed by atoms with Crippen molar-refractivity contribution in [3.8, 4) is 5.75 Å². The molecule has 1 aromatic carbocycles. The lowest BCUT2D eigenvalue weighted by Crippen LogP contribution is -2.20. The first-order valence-electron chi connectivity index (χ1n) is 5.94. The first-order chi connectivity index (χ1) is 8.99. The van der Waals surface area contributed by atoms with Gasteiger partial charge in [0.15, 0.2) is 5.84 Å². The first-order valence-corrected chi connectivity index (χ1v) is 5.94. The van der Waals surface area contributed by atoms with Crippen LogP contribution in [0.15, 0.2) is 23.4 Å². The maximum Gasteiger partial charge on any atom is 0.224 e. The number of carbonyl (C=O) groups excluding carboxylic acids is 1. The van der Waals surface area contributed by atoms with Crippen LogP contribution in [0.5, 0.6) is 5.75 Å². The predicted molar refractivity (Wildman–Crippen MR) is 73.6 cm³/mol. The molecule has 0 bridgehead atoms. The van der Waals surface area contributed by atoms with Gasteiger partial charge in [-0.2, -0.15) is 0 Å². The summed E-state index contributed by atoms with van der Waals surface area (Å²) in [6.45, 7) is 3.90. The molecule has 104 valence electrons. The number of rotatable bonds is 5. The summed E-state index contributed by atoms with van der Waals surface area (Å²) in [5, 5.41) is 14.5. The van der Waals surface area contributed by atoms with Crippen LogP contribution in [0.4, 0.5) is 5.69 Å². The summed E-state index contributed by atoms with van der Waals surface area (Å²) in [5.74, 6) is 0.466. The Kier molecular flexibility index (Phi) is 5.17. The van der Waals surface area contributed by atoms with Gasteiger partial charge in [0.25, 0.3) is 0 Å². The van der Waals surface area contributed by atoms with Gasteiger partial charge in [0.2, 0.25) is 5.91 Å². The Hall–Kier alpha value is -2.24. The van der Waals surface area contributed by atoms with Gasteiger partial charge in [0, 0.05) is 12.0 Å². The highest BCUT2D eigenvalue weighted by Crippen LogP contribution is 2.28. The van der Waals surface area contributed by atoms with E-state index in [2.05, 4.69) is 10.5 Å². The van der Waals surface area contributed by atoms with Gasteiger partial charge in [0.05, 0.1) is 12.8 Å². The van der Waals surface area contributed by atoms with E-state index in [1.54, 1.807) is 18.2 Å². The van der Waals surface area contributed by atoms with Gasteiger partial charge in [-0.15, -0.1) is 0 Å². The zero-order valence-corrected chi connectivity index (χ0v) is 11.3. The van der Waals surface area contributed by atoms with Crippen LogP contribution in [0.2, 0.25) is 0 Å². The molecule has 6 heteroatoms. The Labute approximate surface area is 112 Å². The molecular weight excluding hydrogens is 246 g/mol. The number of carbonyl (C=O) groups is 1. The van der Waals surface area contributed by atoms with E-state index >= 15 is 0 Å². The predicted octanol–water partition coefficient (Wildman–Crippen LogP) is 1.77.